The molecule has 5 aromatic rings. The summed E-state index contributed by atoms with van der Waals surface area (Å²) in [7, 11) is 0.224. The zero-order valence-electron chi connectivity index (χ0n) is 19.3. The number of benzene rings is 2. The molecule has 2 aromatic carbocycles. The first-order valence-corrected chi connectivity index (χ1v) is 12.1. The molecule has 1 N–H and O–H groups in total. The van der Waals surface area contributed by atoms with Gasteiger partial charge < -0.3 is 4.74 Å². The van der Waals surface area contributed by atoms with Gasteiger partial charge in [0.25, 0.3) is 10.0 Å². The van der Waals surface area contributed by atoms with Gasteiger partial charge in [0.2, 0.25) is 5.88 Å². The number of nitrogens with one attached hydrogen (secondary N) is 1. The molecule has 36 heavy (non-hydrogen) atoms. The van der Waals surface area contributed by atoms with E-state index < -0.39 is 26.6 Å². The fraction of sp³-hybridized carbons (Fsp3) is 0.125. The molecule has 0 amide bonds. The first kappa shape index (κ1) is 23.4. The number of nitrogens with zero attached hydrogens (tertiary/aromatic N) is 4. The fourth-order valence-electron chi connectivity index (χ4n) is 4.11. The van der Waals surface area contributed by atoms with Crippen LogP contribution in [0.1, 0.15) is 0 Å². The van der Waals surface area contributed by atoms with Gasteiger partial charge in [-0.3, -0.25) is 18.8 Å². The van der Waals surface area contributed by atoms with Crippen LogP contribution in [0.5, 0.6) is 5.88 Å². The number of hydrogen-bond acceptors (Lipinski definition) is 6. The normalized spacial score (nSPS) is 11.8. The smallest absolute Gasteiger partial charge is 0.328 e. The summed E-state index contributed by atoms with van der Waals surface area (Å²) in [6.07, 6.45) is 3.13. The molecular formula is C24H19F2N5O4S. The number of halogens is 2. The van der Waals surface area contributed by atoms with Gasteiger partial charge in [-0.15, -0.1) is 0 Å². The summed E-state index contributed by atoms with van der Waals surface area (Å²) in [4.78, 5) is 20.4. The lowest BCUT2D eigenvalue weighted by atomic mass is 10.0. The van der Waals surface area contributed by atoms with Crippen molar-refractivity contribution in [2.24, 2.45) is 14.1 Å². The molecule has 3 aromatic heterocycles. The van der Waals surface area contributed by atoms with E-state index in [-0.39, 0.29) is 17.3 Å². The number of aromatic nitrogens is 4. The highest BCUT2D eigenvalue weighted by Crippen LogP contribution is 2.33. The van der Waals surface area contributed by atoms with Crippen LogP contribution in [-0.4, -0.2) is 34.6 Å². The number of ether oxygens (including phenoxy) is 1. The van der Waals surface area contributed by atoms with Crippen LogP contribution in [0.15, 0.2) is 64.5 Å². The number of methoxy groups -OCH3 is 1. The average Bonchev–Trinajstić information content (AvgIpc) is 3.07. The molecule has 0 aliphatic heterocycles. The molecule has 0 aliphatic rings. The van der Waals surface area contributed by atoms with Gasteiger partial charge in [0.15, 0.2) is 0 Å². The molecule has 0 saturated carbocycles. The molecule has 9 nitrogen and oxygen atoms in total. The lowest BCUT2D eigenvalue weighted by Gasteiger charge is -2.13. The Kier molecular flexibility index (Phi) is 5.47. The average molecular weight is 512 g/mol. The predicted molar refractivity (Wildman–Crippen MR) is 130 cm³/mol. The van der Waals surface area contributed by atoms with Crippen LogP contribution in [0.25, 0.3) is 33.1 Å². The number of rotatable bonds is 5. The summed E-state index contributed by atoms with van der Waals surface area (Å²) in [6.45, 7) is 0. The SMILES string of the molecule is COc1ncc(-c2ccc3ncc4c(c3c2)n(C)c(=O)n4C)cc1NS(=O)(=O)c1ccc(F)cc1F. The Morgan fingerprint density at radius 3 is 2.44 bits per heavy atom. The minimum absolute atomic E-state index is 0.0396. The van der Waals surface area contributed by atoms with Gasteiger partial charge in [0.1, 0.15) is 22.2 Å². The topological polar surface area (TPSA) is 108 Å². The van der Waals surface area contributed by atoms with E-state index >= 15 is 0 Å². The molecule has 5 rings (SSSR count). The minimum atomic E-state index is -4.43. The Labute approximate surface area is 203 Å². The maximum absolute atomic E-state index is 14.2. The number of anilines is 1. The van der Waals surface area contributed by atoms with Crippen molar-refractivity contribution < 1.29 is 21.9 Å². The summed E-state index contributed by atoms with van der Waals surface area (Å²) >= 11 is 0. The Morgan fingerprint density at radius 1 is 0.944 bits per heavy atom. The van der Waals surface area contributed by atoms with Crippen molar-refractivity contribution in [3.63, 3.8) is 0 Å². The zero-order valence-corrected chi connectivity index (χ0v) is 20.1. The third-order valence-corrected chi connectivity index (χ3v) is 7.30. The lowest BCUT2D eigenvalue weighted by Crippen LogP contribution is -2.19. The Morgan fingerprint density at radius 2 is 1.72 bits per heavy atom. The highest BCUT2D eigenvalue weighted by Gasteiger charge is 2.22. The predicted octanol–water partition coefficient (Wildman–Crippen LogP) is 3.57. The number of sulfonamides is 1. The Hall–Kier alpha value is -4.32. The highest BCUT2D eigenvalue weighted by atomic mass is 32.2. The van der Waals surface area contributed by atoms with Crippen molar-refractivity contribution in [1.29, 1.82) is 0 Å². The van der Waals surface area contributed by atoms with Crippen LogP contribution in [0.4, 0.5) is 14.5 Å². The molecule has 0 aliphatic carbocycles. The van der Waals surface area contributed by atoms with E-state index in [0.717, 1.165) is 17.5 Å². The van der Waals surface area contributed by atoms with Crippen LogP contribution in [0.3, 0.4) is 0 Å². The summed E-state index contributed by atoms with van der Waals surface area (Å²) in [5.41, 5.74) is 2.98. The lowest BCUT2D eigenvalue weighted by molar-refractivity contribution is 0.400. The van der Waals surface area contributed by atoms with E-state index in [1.165, 1.54) is 28.5 Å². The summed E-state index contributed by atoms with van der Waals surface area (Å²) in [6, 6.07) is 9.05. The molecule has 0 atom stereocenters. The van der Waals surface area contributed by atoms with E-state index in [0.29, 0.717) is 33.7 Å². The van der Waals surface area contributed by atoms with Gasteiger partial charge in [-0.25, -0.2) is 27.0 Å². The maximum atomic E-state index is 14.2. The Balaban J connectivity index is 1.63. The molecule has 0 saturated heterocycles. The van der Waals surface area contributed by atoms with Crippen LogP contribution in [-0.2, 0) is 24.1 Å². The van der Waals surface area contributed by atoms with Gasteiger partial charge in [-0.1, -0.05) is 6.07 Å². The maximum Gasteiger partial charge on any atom is 0.328 e. The van der Waals surface area contributed by atoms with Crippen molar-refractivity contribution >= 4 is 37.6 Å². The number of fused-ring (bicyclic) bond motifs is 3. The van der Waals surface area contributed by atoms with Crippen molar-refractivity contribution in [2.45, 2.75) is 4.90 Å². The first-order valence-electron chi connectivity index (χ1n) is 10.6. The third kappa shape index (κ3) is 3.75. The Bertz CT molecular complexity index is 1850. The molecule has 0 fully saturated rings. The van der Waals surface area contributed by atoms with E-state index in [1.807, 2.05) is 6.07 Å². The van der Waals surface area contributed by atoms with E-state index in [2.05, 4.69) is 14.7 Å². The second-order valence-corrected chi connectivity index (χ2v) is 9.74. The van der Waals surface area contributed by atoms with Gasteiger partial charge in [0.05, 0.1) is 29.9 Å². The van der Waals surface area contributed by atoms with Crippen molar-refractivity contribution in [3.8, 4) is 17.0 Å². The quantitative estimate of drug-likeness (QED) is 0.387. The van der Waals surface area contributed by atoms with Gasteiger partial charge >= 0.3 is 5.69 Å². The largest absolute Gasteiger partial charge is 0.480 e. The zero-order chi connectivity index (χ0) is 25.8. The van der Waals surface area contributed by atoms with Crippen LogP contribution >= 0.6 is 0 Å². The summed E-state index contributed by atoms with van der Waals surface area (Å²) < 4.78 is 63.6. The molecule has 0 spiro atoms. The monoisotopic (exact) mass is 511 g/mol. The standard InChI is InChI=1S/C24H19F2N5O4S/c1-30-20-12-27-18-6-4-13(8-16(18)22(20)31(2)24(30)32)14-9-19(23(35-3)28-11-14)29-36(33,34)21-7-5-15(25)10-17(21)26/h4-12,29H,1-3H3. The van der Waals surface area contributed by atoms with Crippen LogP contribution < -0.4 is 15.1 Å². The number of aryl methyl sites for hydroxylation is 2. The van der Waals surface area contributed by atoms with Crippen LogP contribution in [0.2, 0.25) is 0 Å². The molecular weight excluding hydrogens is 492 g/mol. The molecule has 3 heterocycles. The molecule has 0 radical (unpaired) electrons. The minimum Gasteiger partial charge on any atom is -0.480 e. The summed E-state index contributed by atoms with van der Waals surface area (Å²) in [5, 5.41) is 0.719. The van der Waals surface area contributed by atoms with Gasteiger partial charge in [-0.2, -0.15) is 0 Å². The first-order chi connectivity index (χ1) is 17.1. The van der Waals surface area contributed by atoms with E-state index in [1.54, 1.807) is 32.4 Å². The molecule has 0 bridgehead atoms. The van der Waals surface area contributed by atoms with Gasteiger partial charge in [0, 0.05) is 37.3 Å². The molecule has 12 heteroatoms. The van der Waals surface area contributed by atoms with Crippen molar-refractivity contribution in [3.05, 3.63) is 77.0 Å². The van der Waals surface area contributed by atoms with E-state index in [4.69, 9.17) is 4.74 Å². The number of imidazole rings is 1. The second-order valence-electron chi connectivity index (χ2n) is 8.09. The van der Waals surface area contributed by atoms with Crippen molar-refractivity contribution in [2.75, 3.05) is 11.8 Å². The third-order valence-electron chi connectivity index (χ3n) is 5.90. The van der Waals surface area contributed by atoms with E-state index in [9.17, 15) is 22.0 Å². The highest BCUT2D eigenvalue weighted by molar-refractivity contribution is 7.92. The van der Waals surface area contributed by atoms with Crippen LogP contribution in [0, 0.1) is 11.6 Å². The molecule has 0 unspecified atom stereocenters. The number of hydrogen-bond donors (Lipinski definition) is 1. The summed E-state index contributed by atoms with van der Waals surface area (Å²) in [5.74, 6) is -2.17. The van der Waals surface area contributed by atoms with Crippen molar-refractivity contribution in [1.82, 2.24) is 19.1 Å². The second kappa shape index (κ2) is 8.41. The molecule has 184 valence electrons. The number of pyridine rings is 2. The van der Waals surface area contributed by atoms with Gasteiger partial charge in [-0.05, 0) is 35.9 Å². The fourth-order valence-corrected chi connectivity index (χ4v) is 5.22.